The average molecular weight is 336 g/mol. The number of pyridine rings is 1. The molecule has 0 saturated heterocycles. The Hall–Kier alpha value is -2.83. The van der Waals surface area contributed by atoms with E-state index in [1.165, 1.54) is 24.3 Å². The smallest absolute Gasteiger partial charge is 0.406 e. The van der Waals surface area contributed by atoms with Crippen molar-refractivity contribution in [3.8, 4) is 5.75 Å². The number of rotatable bonds is 5. The fourth-order valence-electron chi connectivity index (χ4n) is 1.97. The third-order valence-corrected chi connectivity index (χ3v) is 3.06. The standard InChI is InChI=1S/C17H15F3N2O2/c1-12(14-5-2-6-15(10-14)24-17(18,19)20)22-16(23)8-7-13-4-3-9-21-11-13/h2-12H,1H3,(H,22,23). The highest BCUT2D eigenvalue weighted by Crippen LogP contribution is 2.25. The zero-order chi connectivity index (χ0) is 17.6. The van der Waals surface area contributed by atoms with Gasteiger partial charge < -0.3 is 10.1 Å². The van der Waals surface area contributed by atoms with Crippen molar-refractivity contribution in [2.75, 3.05) is 0 Å². The highest BCUT2D eigenvalue weighted by Gasteiger charge is 2.31. The number of hydrogen-bond donors (Lipinski definition) is 1. The lowest BCUT2D eigenvalue weighted by molar-refractivity contribution is -0.274. The van der Waals surface area contributed by atoms with Gasteiger partial charge in [-0.2, -0.15) is 0 Å². The Bertz CT molecular complexity index is 715. The number of carbonyl (C=O) groups is 1. The summed E-state index contributed by atoms with van der Waals surface area (Å²) in [5.41, 5.74) is 1.26. The Kier molecular flexibility index (Phi) is 5.57. The van der Waals surface area contributed by atoms with Crippen LogP contribution in [0.4, 0.5) is 13.2 Å². The van der Waals surface area contributed by atoms with E-state index >= 15 is 0 Å². The van der Waals surface area contributed by atoms with E-state index in [1.54, 1.807) is 43.6 Å². The van der Waals surface area contributed by atoms with Crippen LogP contribution in [0.15, 0.2) is 54.9 Å². The molecule has 1 amide bonds. The Morgan fingerprint density at radius 3 is 2.75 bits per heavy atom. The zero-order valence-corrected chi connectivity index (χ0v) is 12.7. The SMILES string of the molecule is CC(NC(=O)C=Cc1cccnc1)c1cccc(OC(F)(F)F)c1. The lowest BCUT2D eigenvalue weighted by Crippen LogP contribution is -2.24. The summed E-state index contributed by atoms with van der Waals surface area (Å²) in [5.74, 6) is -0.694. The zero-order valence-electron chi connectivity index (χ0n) is 12.7. The minimum Gasteiger partial charge on any atom is -0.406 e. The highest BCUT2D eigenvalue weighted by atomic mass is 19.4. The van der Waals surface area contributed by atoms with Crippen molar-refractivity contribution in [2.24, 2.45) is 0 Å². The summed E-state index contributed by atoms with van der Waals surface area (Å²) in [6.07, 6.45) is 1.40. The van der Waals surface area contributed by atoms with E-state index < -0.39 is 12.4 Å². The molecule has 0 spiro atoms. The van der Waals surface area contributed by atoms with E-state index in [1.807, 2.05) is 0 Å². The van der Waals surface area contributed by atoms with Crippen LogP contribution in [-0.2, 0) is 4.79 Å². The quantitative estimate of drug-likeness (QED) is 0.843. The maximum Gasteiger partial charge on any atom is 0.573 e. The normalized spacial score (nSPS) is 12.8. The van der Waals surface area contributed by atoms with E-state index in [0.717, 1.165) is 5.56 Å². The summed E-state index contributed by atoms with van der Waals surface area (Å²) in [5, 5.41) is 2.67. The summed E-state index contributed by atoms with van der Waals surface area (Å²) >= 11 is 0. The van der Waals surface area contributed by atoms with Crippen LogP contribution in [0.5, 0.6) is 5.75 Å². The number of hydrogen-bond acceptors (Lipinski definition) is 3. The molecule has 1 unspecified atom stereocenters. The van der Waals surface area contributed by atoms with Crippen LogP contribution in [0.25, 0.3) is 6.08 Å². The van der Waals surface area contributed by atoms with Gasteiger partial charge in [0.2, 0.25) is 5.91 Å². The van der Waals surface area contributed by atoms with Gasteiger partial charge in [-0.1, -0.05) is 18.2 Å². The van der Waals surface area contributed by atoms with Gasteiger partial charge in [0, 0.05) is 18.5 Å². The molecule has 126 valence electrons. The van der Waals surface area contributed by atoms with Crippen molar-refractivity contribution in [3.05, 3.63) is 66.0 Å². The second-order valence-corrected chi connectivity index (χ2v) is 4.97. The second-order valence-electron chi connectivity index (χ2n) is 4.97. The van der Waals surface area contributed by atoms with Crippen LogP contribution in [0.1, 0.15) is 24.1 Å². The minimum atomic E-state index is -4.75. The lowest BCUT2D eigenvalue weighted by Gasteiger charge is -2.15. The molecule has 4 nitrogen and oxygen atoms in total. The summed E-state index contributed by atoms with van der Waals surface area (Å²) < 4.78 is 40.6. The van der Waals surface area contributed by atoms with Crippen LogP contribution in [-0.4, -0.2) is 17.3 Å². The molecule has 0 fully saturated rings. The van der Waals surface area contributed by atoms with E-state index in [-0.39, 0.29) is 11.7 Å². The molecule has 2 aromatic rings. The molecule has 0 bridgehead atoms. The monoisotopic (exact) mass is 336 g/mol. The maximum absolute atomic E-state index is 12.2. The fraction of sp³-hybridized carbons (Fsp3) is 0.176. The van der Waals surface area contributed by atoms with Crippen LogP contribution in [0.3, 0.4) is 0 Å². The first-order valence-corrected chi connectivity index (χ1v) is 7.08. The van der Waals surface area contributed by atoms with Gasteiger partial charge >= 0.3 is 6.36 Å². The maximum atomic E-state index is 12.2. The van der Waals surface area contributed by atoms with Gasteiger partial charge in [-0.05, 0) is 42.3 Å². The van der Waals surface area contributed by atoms with Crippen molar-refractivity contribution in [2.45, 2.75) is 19.3 Å². The van der Waals surface area contributed by atoms with Crippen molar-refractivity contribution in [1.82, 2.24) is 10.3 Å². The first-order valence-electron chi connectivity index (χ1n) is 7.08. The first kappa shape index (κ1) is 17.5. The molecule has 1 heterocycles. The number of carbonyl (C=O) groups excluding carboxylic acids is 1. The Labute approximate surface area is 137 Å². The number of nitrogens with zero attached hydrogens (tertiary/aromatic N) is 1. The molecule has 1 N–H and O–H groups in total. The van der Waals surface area contributed by atoms with Gasteiger partial charge in [-0.3, -0.25) is 9.78 Å². The average Bonchev–Trinajstić information content (AvgIpc) is 2.52. The Morgan fingerprint density at radius 1 is 1.29 bits per heavy atom. The summed E-state index contributed by atoms with van der Waals surface area (Å²) in [6.45, 7) is 1.67. The Morgan fingerprint density at radius 2 is 2.08 bits per heavy atom. The molecule has 0 aliphatic carbocycles. The van der Waals surface area contributed by atoms with Crippen molar-refractivity contribution in [1.29, 1.82) is 0 Å². The number of ether oxygens (including phenoxy) is 1. The molecular formula is C17H15F3N2O2. The van der Waals surface area contributed by atoms with Gasteiger partial charge in [-0.15, -0.1) is 13.2 Å². The number of halogens is 3. The second kappa shape index (κ2) is 7.63. The van der Waals surface area contributed by atoms with Gasteiger partial charge in [0.05, 0.1) is 6.04 Å². The minimum absolute atomic E-state index is 0.327. The number of benzene rings is 1. The molecule has 1 aromatic carbocycles. The molecule has 0 aliphatic rings. The lowest BCUT2D eigenvalue weighted by atomic mass is 10.1. The third-order valence-electron chi connectivity index (χ3n) is 3.06. The van der Waals surface area contributed by atoms with Crippen LogP contribution in [0, 0.1) is 0 Å². The third kappa shape index (κ3) is 5.75. The highest BCUT2D eigenvalue weighted by molar-refractivity contribution is 5.91. The topological polar surface area (TPSA) is 51.2 Å². The summed E-state index contributed by atoms with van der Waals surface area (Å²) in [6, 6.07) is 8.54. The Balaban J connectivity index is 1.99. The van der Waals surface area contributed by atoms with Crippen LogP contribution < -0.4 is 10.1 Å². The summed E-state index contributed by atoms with van der Waals surface area (Å²) in [4.78, 5) is 15.8. The van der Waals surface area contributed by atoms with Crippen molar-refractivity contribution >= 4 is 12.0 Å². The van der Waals surface area contributed by atoms with Crippen molar-refractivity contribution in [3.63, 3.8) is 0 Å². The predicted octanol–water partition coefficient (Wildman–Crippen LogP) is 3.87. The van der Waals surface area contributed by atoms with Gasteiger partial charge in [-0.25, -0.2) is 0 Å². The van der Waals surface area contributed by atoms with Gasteiger partial charge in [0.15, 0.2) is 0 Å². The van der Waals surface area contributed by atoms with Gasteiger partial charge in [0.1, 0.15) is 5.75 Å². The number of aromatic nitrogens is 1. The molecule has 2 rings (SSSR count). The molecule has 1 atom stereocenters. The number of alkyl halides is 3. The van der Waals surface area contributed by atoms with E-state index in [0.29, 0.717) is 5.56 Å². The molecule has 0 saturated carbocycles. The van der Waals surface area contributed by atoms with E-state index in [9.17, 15) is 18.0 Å². The van der Waals surface area contributed by atoms with Crippen molar-refractivity contribution < 1.29 is 22.7 Å². The van der Waals surface area contributed by atoms with Crippen LogP contribution >= 0.6 is 0 Å². The molecule has 0 radical (unpaired) electrons. The molecule has 7 heteroatoms. The molecule has 24 heavy (non-hydrogen) atoms. The summed E-state index contributed by atoms with van der Waals surface area (Å²) in [7, 11) is 0. The molecular weight excluding hydrogens is 321 g/mol. The van der Waals surface area contributed by atoms with E-state index in [2.05, 4.69) is 15.0 Å². The molecule has 1 aromatic heterocycles. The first-order chi connectivity index (χ1) is 11.3. The number of amides is 1. The largest absolute Gasteiger partial charge is 0.573 e. The van der Waals surface area contributed by atoms with Crippen LogP contribution in [0.2, 0.25) is 0 Å². The molecule has 0 aliphatic heterocycles. The van der Waals surface area contributed by atoms with E-state index in [4.69, 9.17) is 0 Å². The fourth-order valence-corrected chi connectivity index (χ4v) is 1.97. The number of nitrogens with one attached hydrogen (secondary N) is 1. The predicted molar refractivity (Wildman–Crippen MR) is 83.0 cm³/mol. The van der Waals surface area contributed by atoms with Gasteiger partial charge in [0.25, 0.3) is 0 Å².